The second-order valence-corrected chi connectivity index (χ2v) is 9.57. The van der Waals surface area contributed by atoms with Crippen LogP contribution in [0.1, 0.15) is 67.2 Å². The predicted octanol–water partition coefficient (Wildman–Crippen LogP) is 3.35. The summed E-state index contributed by atoms with van der Waals surface area (Å²) in [7, 11) is 0. The Morgan fingerprint density at radius 1 is 0.818 bits per heavy atom. The highest BCUT2D eigenvalue weighted by molar-refractivity contribution is 4.86. The molecule has 22 heavy (non-hydrogen) atoms. The van der Waals surface area contributed by atoms with E-state index in [1.807, 2.05) is 0 Å². The fourth-order valence-electron chi connectivity index (χ4n) is 4.02. The number of hydrogen-bond donors (Lipinski definition) is 1. The number of piperidine rings is 2. The SMILES string of the molecule is CC(C)(C)NC1CCN(CC2CCN(C(C)(C)C)CC2)CC1. The maximum atomic E-state index is 3.77. The predicted molar refractivity (Wildman–Crippen MR) is 96.4 cm³/mol. The lowest BCUT2D eigenvalue weighted by atomic mass is 9.91. The highest BCUT2D eigenvalue weighted by Crippen LogP contribution is 2.25. The first-order valence-corrected chi connectivity index (χ1v) is 9.38. The average Bonchev–Trinajstić information content (AvgIpc) is 2.39. The molecule has 0 unspecified atom stereocenters. The van der Waals surface area contributed by atoms with Crippen molar-refractivity contribution >= 4 is 0 Å². The van der Waals surface area contributed by atoms with Crippen LogP contribution in [0.4, 0.5) is 0 Å². The Morgan fingerprint density at radius 3 is 1.82 bits per heavy atom. The molecule has 0 spiro atoms. The van der Waals surface area contributed by atoms with Gasteiger partial charge in [0.05, 0.1) is 0 Å². The Labute approximate surface area is 138 Å². The summed E-state index contributed by atoms with van der Waals surface area (Å²) in [5.41, 5.74) is 0.606. The van der Waals surface area contributed by atoms with E-state index in [1.165, 1.54) is 58.4 Å². The van der Waals surface area contributed by atoms with Crippen LogP contribution in [0.5, 0.6) is 0 Å². The van der Waals surface area contributed by atoms with Crippen molar-refractivity contribution in [2.75, 3.05) is 32.7 Å². The van der Waals surface area contributed by atoms with Gasteiger partial charge < -0.3 is 10.2 Å². The summed E-state index contributed by atoms with van der Waals surface area (Å²) >= 11 is 0. The Balaban J connectivity index is 1.67. The molecular weight excluding hydrogens is 270 g/mol. The highest BCUT2D eigenvalue weighted by atomic mass is 15.2. The minimum atomic E-state index is 0.257. The summed E-state index contributed by atoms with van der Waals surface area (Å²) in [6.45, 7) is 20.4. The number of hydrogen-bond acceptors (Lipinski definition) is 3. The molecule has 0 radical (unpaired) electrons. The molecule has 0 atom stereocenters. The molecule has 3 nitrogen and oxygen atoms in total. The van der Waals surface area contributed by atoms with E-state index in [2.05, 4.69) is 56.7 Å². The van der Waals surface area contributed by atoms with E-state index in [-0.39, 0.29) is 5.54 Å². The minimum Gasteiger partial charge on any atom is -0.309 e. The van der Waals surface area contributed by atoms with Crippen molar-refractivity contribution in [3.63, 3.8) is 0 Å². The van der Waals surface area contributed by atoms with Gasteiger partial charge in [0.1, 0.15) is 0 Å². The van der Waals surface area contributed by atoms with Crippen LogP contribution >= 0.6 is 0 Å². The molecule has 2 aliphatic heterocycles. The third-order valence-electron chi connectivity index (χ3n) is 5.30. The van der Waals surface area contributed by atoms with Gasteiger partial charge in [0.25, 0.3) is 0 Å². The van der Waals surface area contributed by atoms with Gasteiger partial charge in [0.2, 0.25) is 0 Å². The maximum Gasteiger partial charge on any atom is 0.0125 e. The van der Waals surface area contributed by atoms with E-state index >= 15 is 0 Å². The minimum absolute atomic E-state index is 0.257. The van der Waals surface area contributed by atoms with Gasteiger partial charge in [0, 0.05) is 23.7 Å². The largest absolute Gasteiger partial charge is 0.309 e. The monoisotopic (exact) mass is 309 g/mol. The molecule has 0 bridgehead atoms. The van der Waals surface area contributed by atoms with Gasteiger partial charge in [-0.25, -0.2) is 0 Å². The molecule has 0 aromatic rings. The van der Waals surface area contributed by atoms with E-state index in [0.29, 0.717) is 5.54 Å². The molecule has 0 amide bonds. The van der Waals surface area contributed by atoms with Crippen LogP contribution in [0.25, 0.3) is 0 Å². The van der Waals surface area contributed by atoms with Gasteiger partial charge in [-0.15, -0.1) is 0 Å². The average molecular weight is 310 g/mol. The van der Waals surface area contributed by atoms with Gasteiger partial charge >= 0.3 is 0 Å². The van der Waals surface area contributed by atoms with E-state index < -0.39 is 0 Å². The second kappa shape index (κ2) is 7.19. The molecule has 0 aromatic carbocycles. The van der Waals surface area contributed by atoms with Crippen LogP contribution in [0.3, 0.4) is 0 Å². The standard InChI is InChI=1S/C19H39N3/c1-18(2,3)20-17-9-11-21(12-10-17)15-16-7-13-22(14-8-16)19(4,5)6/h16-17,20H,7-15H2,1-6H3. The zero-order valence-electron chi connectivity index (χ0n) is 15.9. The third-order valence-corrected chi connectivity index (χ3v) is 5.30. The lowest BCUT2D eigenvalue weighted by Crippen LogP contribution is -2.51. The van der Waals surface area contributed by atoms with E-state index in [1.54, 1.807) is 0 Å². The van der Waals surface area contributed by atoms with Crippen LogP contribution < -0.4 is 5.32 Å². The molecule has 0 saturated carbocycles. The van der Waals surface area contributed by atoms with Gasteiger partial charge in [-0.05, 0) is 99.3 Å². The van der Waals surface area contributed by atoms with E-state index in [9.17, 15) is 0 Å². The first-order chi connectivity index (χ1) is 10.1. The fourth-order valence-corrected chi connectivity index (χ4v) is 4.02. The van der Waals surface area contributed by atoms with Crippen molar-refractivity contribution in [2.24, 2.45) is 5.92 Å². The van der Waals surface area contributed by atoms with Crippen molar-refractivity contribution in [3.8, 4) is 0 Å². The van der Waals surface area contributed by atoms with Crippen LogP contribution in [-0.2, 0) is 0 Å². The Bertz CT molecular complexity index is 324. The summed E-state index contributed by atoms with van der Waals surface area (Å²) in [6, 6.07) is 0.721. The number of likely N-dealkylation sites (tertiary alicyclic amines) is 2. The first-order valence-electron chi connectivity index (χ1n) is 9.38. The first kappa shape index (κ1) is 18.2. The Hall–Kier alpha value is -0.120. The molecule has 0 aromatic heterocycles. The zero-order chi connectivity index (χ0) is 16.4. The topological polar surface area (TPSA) is 18.5 Å². The van der Waals surface area contributed by atoms with Crippen molar-refractivity contribution < 1.29 is 0 Å². The Morgan fingerprint density at radius 2 is 1.36 bits per heavy atom. The van der Waals surface area contributed by atoms with Crippen LogP contribution in [0, 0.1) is 5.92 Å². The molecule has 3 heteroatoms. The van der Waals surface area contributed by atoms with Crippen LogP contribution in [-0.4, -0.2) is 59.6 Å². The molecule has 2 heterocycles. The molecule has 2 aliphatic rings. The zero-order valence-corrected chi connectivity index (χ0v) is 15.9. The van der Waals surface area contributed by atoms with Gasteiger partial charge in [-0.1, -0.05) is 0 Å². The Kier molecular flexibility index (Phi) is 5.95. The number of rotatable bonds is 3. The smallest absolute Gasteiger partial charge is 0.0125 e. The molecule has 2 saturated heterocycles. The maximum absolute atomic E-state index is 3.77. The molecule has 130 valence electrons. The van der Waals surface area contributed by atoms with Crippen LogP contribution in [0.15, 0.2) is 0 Å². The van der Waals surface area contributed by atoms with Gasteiger partial charge in [-0.3, -0.25) is 4.90 Å². The summed E-state index contributed by atoms with van der Waals surface area (Å²) in [4.78, 5) is 5.38. The summed E-state index contributed by atoms with van der Waals surface area (Å²) in [6.07, 6.45) is 5.41. The van der Waals surface area contributed by atoms with Crippen molar-refractivity contribution in [1.82, 2.24) is 15.1 Å². The van der Waals surface area contributed by atoms with E-state index in [0.717, 1.165) is 12.0 Å². The number of nitrogens with zero attached hydrogens (tertiary/aromatic N) is 2. The highest BCUT2D eigenvalue weighted by Gasteiger charge is 2.29. The van der Waals surface area contributed by atoms with Crippen molar-refractivity contribution in [2.45, 2.75) is 84.3 Å². The molecule has 2 fully saturated rings. The summed E-state index contributed by atoms with van der Waals surface area (Å²) in [5, 5.41) is 3.77. The van der Waals surface area contributed by atoms with Crippen molar-refractivity contribution in [1.29, 1.82) is 0 Å². The summed E-state index contributed by atoms with van der Waals surface area (Å²) < 4.78 is 0. The lowest BCUT2D eigenvalue weighted by Gasteiger charge is -2.43. The quantitative estimate of drug-likeness (QED) is 0.862. The molecule has 1 N–H and O–H groups in total. The number of nitrogens with one attached hydrogen (secondary N) is 1. The second-order valence-electron chi connectivity index (χ2n) is 9.57. The fraction of sp³-hybridized carbons (Fsp3) is 1.00. The third kappa shape index (κ3) is 5.82. The van der Waals surface area contributed by atoms with E-state index in [4.69, 9.17) is 0 Å². The van der Waals surface area contributed by atoms with Crippen molar-refractivity contribution in [3.05, 3.63) is 0 Å². The molecule has 2 rings (SSSR count). The molecule has 0 aliphatic carbocycles. The summed E-state index contributed by atoms with van der Waals surface area (Å²) in [5.74, 6) is 0.922. The van der Waals surface area contributed by atoms with Crippen LogP contribution in [0.2, 0.25) is 0 Å². The van der Waals surface area contributed by atoms with Gasteiger partial charge in [0.15, 0.2) is 0 Å². The molecular formula is C19H39N3. The normalized spacial score (nSPS) is 24.8. The lowest BCUT2D eigenvalue weighted by molar-refractivity contribution is 0.0684. The van der Waals surface area contributed by atoms with Gasteiger partial charge in [-0.2, -0.15) is 0 Å².